The number of carbonyl (C=O) groups excluding carboxylic acids is 2. The Kier molecular flexibility index (Phi) is 4.58. The minimum absolute atomic E-state index is 0.0800. The maximum Gasteiger partial charge on any atom is 0.246 e. The van der Waals surface area contributed by atoms with Gasteiger partial charge in [0, 0.05) is 19.6 Å². The van der Waals surface area contributed by atoms with Crippen molar-refractivity contribution in [1.29, 1.82) is 0 Å². The Morgan fingerprint density at radius 3 is 3.00 bits per heavy atom. The molecule has 2 fully saturated rings. The molecule has 106 valence electrons. The van der Waals surface area contributed by atoms with Crippen LogP contribution in [0.15, 0.2) is 12.2 Å². The molecule has 1 N–H and O–H groups in total. The second-order valence-corrected chi connectivity index (χ2v) is 5.37. The van der Waals surface area contributed by atoms with Gasteiger partial charge < -0.3 is 15.1 Å². The lowest BCUT2D eigenvalue weighted by Gasteiger charge is -2.36. The van der Waals surface area contributed by atoms with Crippen molar-refractivity contribution < 1.29 is 9.59 Å². The van der Waals surface area contributed by atoms with E-state index < -0.39 is 0 Å². The van der Waals surface area contributed by atoms with Gasteiger partial charge in [0.1, 0.15) is 12.6 Å². The SMILES string of the molecule is C=C(CNCCC)CN1CC(=O)N2CCCC2C1=O. The molecule has 0 radical (unpaired) electrons. The lowest BCUT2D eigenvalue weighted by molar-refractivity contribution is -0.153. The Hall–Kier alpha value is -1.36. The van der Waals surface area contributed by atoms with E-state index in [0.717, 1.165) is 37.9 Å². The molecule has 2 aliphatic heterocycles. The Labute approximate surface area is 114 Å². The number of amides is 2. The van der Waals surface area contributed by atoms with E-state index >= 15 is 0 Å². The van der Waals surface area contributed by atoms with E-state index in [2.05, 4.69) is 18.8 Å². The molecule has 0 aromatic heterocycles. The molecule has 2 amide bonds. The fourth-order valence-electron chi connectivity index (χ4n) is 2.77. The van der Waals surface area contributed by atoms with E-state index in [0.29, 0.717) is 13.1 Å². The van der Waals surface area contributed by atoms with Crippen LogP contribution in [0.4, 0.5) is 0 Å². The second-order valence-electron chi connectivity index (χ2n) is 5.37. The summed E-state index contributed by atoms with van der Waals surface area (Å²) in [5, 5.41) is 3.26. The molecule has 0 bridgehead atoms. The fraction of sp³-hybridized carbons (Fsp3) is 0.714. The molecule has 2 aliphatic rings. The van der Waals surface area contributed by atoms with Crippen LogP contribution in [0.3, 0.4) is 0 Å². The van der Waals surface area contributed by atoms with Crippen LogP contribution in [0.5, 0.6) is 0 Å². The van der Waals surface area contributed by atoms with Gasteiger partial charge in [0.2, 0.25) is 11.8 Å². The summed E-state index contributed by atoms with van der Waals surface area (Å²) in [5.41, 5.74) is 0.959. The molecular formula is C14H23N3O2. The molecule has 0 spiro atoms. The number of fused-ring (bicyclic) bond motifs is 1. The molecule has 19 heavy (non-hydrogen) atoms. The highest BCUT2D eigenvalue weighted by molar-refractivity contribution is 5.95. The van der Waals surface area contributed by atoms with E-state index in [-0.39, 0.29) is 24.4 Å². The van der Waals surface area contributed by atoms with Gasteiger partial charge in [0.05, 0.1) is 0 Å². The van der Waals surface area contributed by atoms with Crippen LogP contribution in [-0.2, 0) is 9.59 Å². The lowest BCUT2D eigenvalue weighted by atomic mass is 10.1. The number of hydrogen-bond acceptors (Lipinski definition) is 3. The zero-order valence-electron chi connectivity index (χ0n) is 11.7. The molecule has 5 nitrogen and oxygen atoms in total. The highest BCUT2D eigenvalue weighted by atomic mass is 16.2. The number of nitrogens with one attached hydrogen (secondary N) is 1. The molecule has 1 unspecified atom stereocenters. The van der Waals surface area contributed by atoms with Crippen molar-refractivity contribution in [3.8, 4) is 0 Å². The number of piperazine rings is 1. The molecule has 2 saturated heterocycles. The van der Waals surface area contributed by atoms with Crippen molar-refractivity contribution in [3.63, 3.8) is 0 Å². The number of carbonyl (C=O) groups is 2. The number of rotatable bonds is 6. The van der Waals surface area contributed by atoms with E-state index in [1.807, 2.05) is 0 Å². The fourth-order valence-corrected chi connectivity index (χ4v) is 2.77. The maximum absolute atomic E-state index is 12.3. The summed E-state index contributed by atoms with van der Waals surface area (Å²) in [6.45, 7) is 9.19. The molecule has 0 saturated carbocycles. The zero-order valence-corrected chi connectivity index (χ0v) is 11.7. The first kappa shape index (κ1) is 14.1. The van der Waals surface area contributed by atoms with Crippen LogP contribution < -0.4 is 5.32 Å². The largest absolute Gasteiger partial charge is 0.329 e. The number of hydrogen-bond donors (Lipinski definition) is 1. The van der Waals surface area contributed by atoms with Crippen LogP contribution >= 0.6 is 0 Å². The van der Waals surface area contributed by atoms with Crippen molar-refractivity contribution in [2.75, 3.05) is 32.7 Å². The monoisotopic (exact) mass is 265 g/mol. The molecule has 0 aromatic rings. The quantitative estimate of drug-likeness (QED) is 0.558. The lowest BCUT2D eigenvalue weighted by Crippen LogP contribution is -2.57. The van der Waals surface area contributed by atoms with Crippen molar-refractivity contribution >= 4 is 11.8 Å². The Balaban J connectivity index is 1.88. The second kappa shape index (κ2) is 6.19. The molecule has 0 aliphatic carbocycles. The zero-order chi connectivity index (χ0) is 13.8. The van der Waals surface area contributed by atoms with Gasteiger partial charge in [0.15, 0.2) is 0 Å². The summed E-state index contributed by atoms with van der Waals surface area (Å²) >= 11 is 0. The topological polar surface area (TPSA) is 52.7 Å². The summed E-state index contributed by atoms with van der Waals surface area (Å²) < 4.78 is 0. The highest BCUT2D eigenvalue weighted by Gasteiger charge is 2.41. The highest BCUT2D eigenvalue weighted by Crippen LogP contribution is 2.23. The van der Waals surface area contributed by atoms with Crippen LogP contribution in [0.25, 0.3) is 0 Å². The average molecular weight is 265 g/mol. The third-order valence-electron chi connectivity index (χ3n) is 3.71. The van der Waals surface area contributed by atoms with Crippen LogP contribution in [0, 0.1) is 0 Å². The Morgan fingerprint density at radius 1 is 1.47 bits per heavy atom. The van der Waals surface area contributed by atoms with E-state index in [1.165, 1.54) is 0 Å². The first-order chi connectivity index (χ1) is 9.13. The van der Waals surface area contributed by atoms with Crippen molar-refractivity contribution in [3.05, 3.63) is 12.2 Å². The third kappa shape index (κ3) is 3.15. The van der Waals surface area contributed by atoms with Crippen molar-refractivity contribution in [2.45, 2.75) is 32.2 Å². The number of nitrogens with zero attached hydrogens (tertiary/aromatic N) is 2. The van der Waals surface area contributed by atoms with Gasteiger partial charge in [-0.05, 0) is 31.4 Å². The van der Waals surface area contributed by atoms with Crippen LogP contribution in [0.2, 0.25) is 0 Å². The molecule has 2 rings (SSSR count). The Morgan fingerprint density at radius 2 is 2.26 bits per heavy atom. The predicted molar refractivity (Wildman–Crippen MR) is 73.6 cm³/mol. The van der Waals surface area contributed by atoms with Gasteiger partial charge in [0.25, 0.3) is 0 Å². The molecule has 5 heteroatoms. The van der Waals surface area contributed by atoms with E-state index in [1.54, 1.807) is 9.80 Å². The summed E-state index contributed by atoms with van der Waals surface area (Å²) in [7, 11) is 0. The minimum Gasteiger partial charge on any atom is -0.329 e. The molecule has 2 heterocycles. The van der Waals surface area contributed by atoms with Gasteiger partial charge in [-0.2, -0.15) is 0 Å². The molecule has 0 aromatic carbocycles. The summed E-state index contributed by atoms with van der Waals surface area (Å²) in [4.78, 5) is 27.6. The van der Waals surface area contributed by atoms with Gasteiger partial charge in [-0.25, -0.2) is 0 Å². The normalized spacial score (nSPS) is 22.9. The summed E-state index contributed by atoms with van der Waals surface area (Å²) in [6.07, 6.45) is 2.82. The van der Waals surface area contributed by atoms with Gasteiger partial charge in [-0.3, -0.25) is 9.59 Å². The molecule has 1 atom stereocenters. The first-order valence-electron chi connectivity index (χ1n) is 7.09. The maximum atomic E-state index is 12.3. The summed E-state index contributed by atoms with van der Waals surface area (Å²) in [5.74, 6) is 0.171. The average Bonchev–Trinajstić information content (AvgIpc) is 2.86. The van der Waals surface area contributed by atoms with Crippen LogP contribution in [0.1, 0.15) is 26.2 Å². The Bertz CT molecular complexity index is 381. The summed E-state index contributed by atoms with van der Waals surface area (Å²) in [6, 6.07) is -0.211. The van der Waals surface area contributed by atoms with Gasteiger partial charge in [-0.15, -0.1) is 0 Å². The third-order valence-corrected chi connectivity index (χ3v) is 3.71. The predicted octanol–water partition coefficient (Wildman–Crippen LogP) is 0.375. The van der Waals surface area contributed by atoms with E-state index in [9.17, 15) is 9.59 Å². The standard InChI is InChI=1S/C14H23N3O2/c1-3-6-15-8-11(2)9-16-10-13(18)17-7-4-5-12(17)14(16)19/h12,15H,2-10H2,1H3. The first-order valence-corrected chi connectivity index (χ1v) is 7.09. The van der Waals surface area contributed by atoms with Crippen molar-refractivity contribution in [1.82, 2.24) is 15.1 Å². The minimum atomic E-state index is -0.211. The molecular weight excluding hydrogens is 242 g/mol. The van der Waals surface area contributed by atoms with E-state index in [4.69, 9.17) is 0 Å². The van der Waals surface area contributed by atoms with Gasteiger partial charge in [-0.1, -0.05) is 13.5 Å². The van der Waals surface area contributed by atoms with Crippen LogP contribution in [-0.4, -0.2) is 60.4 Å². The van der Waals surface area contributed by atoms with Gasteiger partial charge >= 0.3 is 0 Å². The van der Waals surface area contributed by atoms with Crippen molar-refractivity contribution in [2.24, 2.45) is 0 Å². The smallest absolute Gasteiger partial charge is 0.246 e.